The quantitative estimate of drug-likeness (QED) is 0.740. The Labute approximate surface area is 108 Å². The van der Waals surface area contributed by atoms with Crippen molar-refractivity contribution in [2.24, 2.45) is 17.1 Å². The maximum absolute atomic E-state index is 5.76. The number of hydrogen-bond donors (Lipinski definition) is 1. The number of nitrogens with two attached hydrogens (primary N) is 1. The fourth-order valence-electron chi connectivity index (χ4n) is 2.83. The van der Waals surface area contributed by atoms with Crippen molar-refractivity contribution in [3.63, 3.8) is 0 Å². The van der Waals surface area contributed by atoms with Gasteiger partial charge in [0.25, 0.3) is 0 Å². The second kappa shape index (κ2) is 7.38. The zero-order chi connectivity index (χ0) is 12.7. The largest absolute Gasteiger partial charge is 0.330 e. The molecule has 0 aromatic heterocycles. The van der Waals surface area contributed by atoms with Gasteiger partial charge in [0, 0.05) is 6.54 Å². The van der Waals surface area contributed by atoms with Gasteiger partial charge in [0.2, 0.25) is 0 Å². The highest BCUT2D eigenvalue weighted by atomic mass is 15.1. The van der Waals surface area contributed by atoms with E-state index in [1.54, 1.807) is 0 Å². The lowest BCUT2D eigenvalue weighted by Gasteiger charge is -2.28. The lowest BCUT2D eigenvalue weighted by molar-refractivity contribution is 0.219. The van der Waals surface area contributed by atoms with E-state index < -0.39 is 0 Å². The summed E-state index contributed by atoms with van der Waals surface area (Å²) in [4.78, 5) is 2.53. The van der Waals surface area contributed by atoms with Gasteiger partial charge in [0.1, 0.15) is 0 Å². The number of rotatable bonds is 7. The molecule has 1 rings (SSSR count). The minimum Gasteiger partial charge on any atom is -0.330 e. The topological polar surface area (TPSA) is 29.3 Å². The summed E-state index contributed by atoms with van der Waals surface area (Å²) >= 11 is 0. The average molecular weight is 240 g/mol. The van der Waals surface area contributed by atoms with Gasteiger partial charge in [-0.2, -0.15) is 0 Å². The summed E-state index contributed by atoms with van der Waals surface area (Å²) in [5, 5.41) is 0. The Balaban J connectivity index is 2.10. The Morgan fingerprint density at radius 3 is 2.41 bits per heavy atom. The highest BCUT2D eigenvalue weighted by molar-refractivity contribution is 4.72. The van der Waals surface area contributed by atoms with E-state index in [0.717, 1.165) is 12.5 Å². The van der Waals surface area contributed by atoms with Crippen LogP contribution in [0.2, 0.25) is 0 Å². The zero-order valence-corrected chi connectivity index (χ0v) is 12.2. The van der Waals surface area contributed by atoms with Crippen LogP contribution >= 0.6 is 0 Å². The van der Waals surface area contributed by atoms with E-state index in [-0.39, 0.29) is 0 Å². The van der Waals surface area contributed by atoms with Crippen molar-refractivity contribution in [1.29, 1.82) is 0 Å². The molecule has 0 atom stereocenters. The minimum absolute atomic E-state index is 0.325. The maximum atomic E-state index is 5.76. The van der Waals surface area contributed by atoms with Gasteiger partial charge in [-0.15, -0.1) is 0 Å². The van der Waals surface area contributed by atoms with Gasteiger partial charge in [-0.3, -0.25) is 0 Å². The third-order valence-electron chi connectivity index (χ3n) is 4.24. The van der Waals surface area contributed by atoms with E-state index in [0.29, 0.717) is 5.41 Å². The van der Waals surface area contributed by atoms with Gasteiger partial charge in [-0.1, -0.05) is 33.1 Å². The van der Waals surface area contributed by atoms with Gasteiger partial charge in [-0.25, -0.2) is 0 Å². The third-order valence-corrected chi connectivity index (χ3v) is 4.24. The Morgan fingerprint density at radius 2 is 1.82 bits per heavy atom. The van der Waals surface area contributed by atoms with Crippen LogP contribution in [0.15, 0.2) is 0 Å². The Morgan fingerprint density at radius 1 is 1.18 bits per heavy atom. The zero-order valence-electron chi connectivity index (χ0n) is 12.2. The van der Waals surface area contributed by atoms with Crippen LogP contribution in [0.25, 0.3) is 0 Å². The van der Waals surface area contributed by atoms with E-state index in [2.05, 4.69) is 25.8 Å². The first kappa shape index (κ1) is 15.0. The van der Waals surface area contributed by atoms with Crippen LogP contribution in [0.1, 0.15) is 58.8 Å². The molecule has 1 aliphatic carbocycles. The van der Waals surface area contributed by atoms with E-state index in [1.165, 1.54) is 58.0 Å². The van der Waals surface area contributed by atoms with Gasteiger partial charge in [0.15, 0.2) is 0 Å². The lowest BCUT2D eigenvalue weighted by atomic mass is 9.87. The molecule has 0 saturated heterocycles. The molecule has 17 heavy (non-hydrogen) atoms. The minimum atomic E-state index is 0.325. The Kier molecular flexibility index (Phi) is 6.50. The molecular weight excluding hydrogens is 208 g/mol. The van der Waals surface area contributed by atoms with Crippen molar-refractivity contribution >= 4 is 0 Å². The predicted molar refractivity (Wildman–Crippen MR) is 76.1 cm³/mol. The summed E-state index contributed by atoms with van der Waals surface area (Å²) in [5.41, 5.74) is 6.08. The van der Waals surface area contributed by atoms with E-state index in [1.807, 2.05) is 0 Å². The summed E-state index contributed by atoms with van der Waals surface area (Å²) in [6.45, 7) is 7.89. The second-order valence-electron chi connectivity index (χ2n) is 6.74. The van der Waals surface area contributed by atoms with E-state index in [9.17, 15) is 0 Å². The third kappa shape index (κ3) is 6.42. The van der Waals surface area contributed by atoms with Crippen molar-refractivity contribution in [3.8, 4) is 0 Å². The summed E-state index contributed by atoms with van der Waals surface area (Å²) in [6, 6.07) is 0. The van der Waals surface area contributed by atoms with Gasteiger partial charge in [-0.05, 0) is 57.2 Å². The highest BCUT2D eigenvalue weighted by Gasteiger charge is 2.17. The maximum Gasteiger partial charge on any atom is 0.000661 e. The first-order valence-electron chi connectivity index (χ1n) is 7.42. The van der Waals surface area contributed by atoms with Crippen LogP contribution in [0.5, 0.6) is 0 Å². The predicted octanol–water partition coefficient (Wildman–Crippen LogP) is 3.26. The average Bonchev–Trinajstić information content (AvgIpc) is 2.30. The first-order chi connectivity index (χ1) is 8.03. The summed E-state index contributed by atoms with van der Waals surface area (Å²) in [6.07, 6.45) is 9.82. The smallest absolute Gasteiger partial charge is 0.000661 e. The molecule has 2 nitrogen and oxygen atoms in total. The van der Waals surface area contributed by atoms with Crippen LogP contribution in [0.3, 0.4) is 0 Å². The molecule has 102 valence electrons. The molecule has 0 spiro atoms. The summed E-state index contributed by atoms with van der Waals surface area (Å²) in [7, 11) is 2.28. The molecule has 2 N–H and O–H groups in total. The molecule has 1 saturated carbocycles. The molecule has 0 heterocycles. The van der Waals surface area contributed by atoms with Crippen molar-refractivity contribution in [2.45, 2.75) is 58.8 Å². The molecular formula is C15H32N2. The van der Waals surface area contributed by atoms with E-state index in [4.69, 9.17) is 5.73 Å². The molecule has 0 aromatic rings. The van der Waals surface area contributed by atoms with Crippen molar-refractivity contribution < 1.29 is 0 Å². The van der Waals surface area contributed by atoms with Crippen LogP contribution in [0, 0.1) is 11.3 Å². The van der Waals surface area contributed by atoms with Gasteiger partial charge >= 0.3 is 0 Å². The van der Waals surface area contributed by atoms with Crippen molar-refractivity contribution in [2.75, 3.05) is 26.7 Å². The molecule has 0 aromatic carbocycles. The van der Waals surface area contributed by atoms with Crippen LogP contribution in [-0.2, 0) is 0 Å². The molecule has 1 aliphatic rings. The molecule has 0 amide bonds. The number of hydrogen-bond acceptors (Lipinski definition) is 2. The number of nitrogens with zero attached hydrogens (tertiary/aromatic N) is 1. The first-order valence-corrected chi connectivity index (χ1v) is 7.42. The molecule has 0 aliphatic heterocycles. The summed E-state index contributed by atoms with van der Waals surface area (Å²) in [5.74, 6) is 0.969. The molecule has 0 bridgehead atoms. The fourth-order valence-corrected chi connectivity index (χ4v) is 2.83. The molecule has 0 radical (unpaired) electrons. The monoisotopic (exact) mass is 240 g/mol. The molecule has 2 heteroatoms. The highest BCUT2D eigenvalue weighted by Crippen LogP contribution is 2.24. The molecule has 0 unspecified atom stereocenters. The van der Waals surface area contributed by atoms with Crippen molar-refractivity contribution in [3.05, 3.63) is 0 Å². The van der Waals surface area contributed by atoms with Crippen LogP contribution in [-0.4, -0.2) is 31.6 Å². The second-order valence-corrected chi connectivity index (χ2v) is 6.74. The Bertz CT molecular complexity index is 195. The van der Waals surface area contributed by atoms with E-state index >= 15 is 0 Å². The normalized spacial score (nSPS) is 18.9. The SMILES string of the molecule is CN(CCCC(C)(C)CN)CC1CCCCC1. The Hall–Kier alpha value is -0.0800. The fraction of sp³-hybridized carbons (Fsp3) is 1.00. The standard InChI is InChI=1S/C15H32N2/c1-15(2,13-16)10-7-11-17(3)12-14-8-5-4-6-9-14/h14H,4-13,16H2,1-3H3. The van der Waals surface area contributed by atoms with Crippen molar-refractivity contribution in [1.82, 2.24) is 4.90 Å². The van der Waals surface area contributed by atoms with Gasteiger partial charge in [0.05, 0.1) is 0 Å². The van der Waals surface area contributed by atoms with Gasteiger partial charge < -0.3 is 10.6 Å². The molecule has 1 fully saturated rings. The van der Waals surface area contributed by atoms with Crippen LogP contribution < -0.4 is 5.73 Å². The van der Waals surface area contributed by atoms with Crippen LogP contribution in [0.4, 0.5) is 0 Å². The summed E-state index contributed by atoms with van der Waals surface area (Å²) < 4.78 is 0. The lowest BCUT2D eigenvalue weighted by Crippen LogP contribution is -2.30.